The summed E-state index contributed by atoms with van der Waals surface area (Å²) < 4.78 is 0. The van der Waals surface area contributed by atoms with Gasteiger partial charge in [0.1, 0.15) is 6.29 Å². The van der Waals surface area contributed by atoms with Crippen molar-refractivity contribution in [1.82, 2.24) is 5.32 Å². The normalized spacial score (nSPS) is 12.7. The quantitative estimate of drug-likeness (QED) is 0.114. The number of anilines is 1. The molecule has 0 unspecified atom stereocenters. The molecule has 1 saturated carbocycles. The lowest BCUT2D eigenvalue weighted by Gasteiger charge is -2.09. The summed E-state index contributed by atoms with van der Waals surface area (Å²) in [5, 5.41) is 8.38. The van der Waals surface area contributed by atoms with Crippen molar-refractivity contribution in [3.8, 4) is 11.8 Å². The SMILES string of the molecule is C/C=C(CNC)\C(=C/CC)C(C)=O.C=CC=O.CC1(c2ccc3ccccc3c2)CC1.NCC#CC(=O)Nc1ccccc1. The first-order chi connectivity index (χ1) is 21.2. The molecule has 0 heterocycles. The number of nitrogens with two attached hydrogens (primary N) is 1. The maximum Gasteiger partial charge on any atom is 0.300 e. The predicted molar refractivity (Wildman–Crippen MR) is 185 cm³/mol. The van der Waals surface area contributed by atoms with Crippen LogP contribution in [-0.4, -0.2) is 38.1 Å². The number of nitrogens with one attached hydrogen (secondary N) is 2. The van der Waals surface area contributed by atoms with Gasteiger partial charge in [0.2, 0.25) is 0 Å². The number of Topliss-reactive ketones (excluding diaryl/α,β-unsaturated/α-hetero) is 1. The molecule has 232 valence electrons. The van der Waals surface area contributed by atoms with Crippen molar-refractivity contribution in [2.45, 2.75) is 52.4 Å². The van der Waals surface area contributed by atoms with Gasteiger partial charge in [-0.05, 0) is 91.6 Å². The van der Waals surface area contributed by atoms with E-state index in [-0.39, 0.29) is 18.2 Å². The number of carbonyl (C=O) groups excluding carboxylic acids is 3. The highest BCUT2D eigenvalue weighted by Crippen LogP contribution is 2.48. The van der Waals surface area contributed by atoms with Gasteiger partial charge in [0.05, 0.1) is 6.54 Å². The molecule has 0 aromatic heterocycles. The Morgan fingerprint density at radius 1 is 1.02 bits per heavy atom. The molecule has 0 aliphatic heterocycles. The molecule has 44 heavy (non-hydrogen) atoms. The summed E-state index contributed by atoms with van der Waals surface area (Å²) in [6.07, 6.45) is 9.40. The van der Waals surface area contributed by atoms with E-state index < -0.39 is 0 Å². The highest BCUT2D eigenvalue weighted by molar-refractivity contribution is 6.03. The number of hydrogen-bond donors (Lipinski definition) is 3. The zero-order chi connectivity index (χ0) is 32.8. The summed E-state index contributed by atoms with van der Waals surface area (Å²) >= 11 is 0. The Kier molecular flexibility index (Phi) is 18.0. The van der Waals surface area contributed by atoms with E-state index in [9.17, 15) is 9.59 Å². The van der Waals surface area contributed by atoms with Crippen LogP contribution >= 0.6 is 0 Å². The van der Waals surface area contributed by atoms with Gasteiger partial charge in [-0.2, -0.15) is 0 Å². The topological polar surface area (TPSA) is 101 Å². The molecule has 0 spiro atoms. The van der Waals surface area contributed by atoms with Crippen molar-refractivity contribution in [2.24, 2.45) is 5.73 Å². The van der Waals surface area contributed by atoms with Crippen molar-refractivity contribution in [2.75, 3.05) is 25.5 Å². The summed E-state index contributed by atoms with van der Waals surface area (Å²) in [7, 11) is 1.88. The first-order valence-electron chi connectivity index (χ1n) is 14.8. The molecule has 4 N–H and O–H groups in total. The maximum atomic E-state index is 11.3. The van der Waals surface area contributed by atoms with Crippen LogP contribution in [0.15, 0.2) is 109 Å². The molecule has 6 heteroatoms. The first kappa shape index (κ1) is 37.5. The molecular weight excluding hydrogens is 546 g/mol. The minimum Gasteiger partial charge on any atom is -0.320 e. The second-order valence-electron chi connectivity index (χ2n) is 10.2. The number of aldehydes is 1. The second-order valence-corrected chi connectivity index (χ2v) is 10.2. The van der Waals surface area contributed by atoms with Gasteiger partial charge in [0.15, 0.2) is 5.78 Å². The Bertz CT molecular complexity index is 1470. The molecule has 0 radical (unpaired) electrons. The number of fused-ring (bicyclic) bond motifs is 1. The zero-order valence-corrected chi connectivity index (χ0v) is 26.8. The first-order valence-corrected chi connectivity index (χ1v) is 14.8. The van der Waals surface area contributed by atoms with Crippen LogP contribution in [0.5, 0.6) is 0 Å². The van der Waals surface area contributed by atoms with E-state index in [4.69, 9.17) is 10.5 Å². The number of para-hydroxylation sites is 1. The molecular formula is C38H47N3O3. The Hall–Kier alpha value is -4.57. The molecule has 1 fully saturated rings. The number of hydrogen-bond acceptors (Lipinski definition) is 5. The summed E-state index contributed by atoms with van der Waals surface area (Å²) in [5.74, 6) is 4.65. The van der Waals surface area contributed by atoms with E-state index in [1.807, 2.05) is 51.2 Å². The van der Waals surface area contributed by atoms with E-state index in [0.717, 1.165) is 29.8 Å². The molecule has 1 amide bonds. The lowest BCUT2D eigenvalue weighted by atomic mass is 9.96. The fourth-order valence-electron chi connectivity index (χ4n) is 4.10. The number of benzene rings is 3. The van der Waals surface area contributed by atoms with Gasteiger partial charge in [-0.25, -0.2) is 0 Å². The number of rotatable bonds is 8. The Morgan fingerprint density at radius 3 is 2.14 bits per heavy atom. The molecule has 0 saturated heterocycles. The standard InChI is InChI=1S/C14H14.C11H19NO.C10H10N2O.C3H4O/c1-14(8-9-14)13-7-6-11-4-2-3-5-12(11)10-13;1-5-7-11(9(3)13)10(6-2)8-12-4;11-8-4-7-10(13)12-9-5-2-1-3-6-9;1-2-3-4/h2-7,10H,8-9H2,1H3;6-7,12H,5,8H2,1-4H3;1-3,5-6H,8,11H2,(H,12,13);2-3H,1H2/b;10-6-,11-7-;;. The predicted octanol–water partition coefficient (Wildman–Crippen LogP) is 6.93. The third kappa shape index (κ3) is 14.1. The van der Waals surface area contributed by atoms with Crippen LogP contribution in [0.2, 0.25) is 0 Å². The Labute approximate surface area is 263 Å². The molecule has 3 aromatic carbocycles. The molecule has 1 aliphatic carbocycles. The van der Waals surface area contributed by atoms with E-state index in [0.29, 0.717) is 11.7 Å². The van der Waals surface area contributed by atoms with E-state index >= 15 is 0 Å². The molecule has 0 atom stereocenters. The van der Waals surface area contributed by atoms with Crippen molar-refractivity contribution in [3.63, 3.8) is 0 Å². The summed E-state index contributed by atoms with van der Waals surface area (Å²) in [6, 6.07) is 24.6. The van der Waals surface area contributed by atoms with Gasteiger partial charge in [-0.3, -0.25) is 14.4 Å². The Morgan fingerprint density at radius 2 is 1.64 bits per heavy atom. The van der Waals surface area contributed by atoms with Crippen LogP contribution < -0.4 is 16.4 Å². The number of carbonyl (C=O) groups is 3. The fraction of sp³-hybridized carbons (Fsp3) is 0.289. The van der Waals surface area contributed by atoms with Crippen LogP contribution in [0.25, 0.3) is 10.8 Å². The molecule has 6 nitrogen and oxygen atoms in total. The van der Waals surface area contributed by atoms with Crippen molar-refractivity contribution in [1.29, 1.82) is 0 Å². The molecule has 3 aromatic rings. The van der Waals surface area contributed by atoms with Gasteiger partial charge < -0.3 is 16.4 Å². The number of ketones is 1. The van der Waals surface area contributed by atoms with Crippen LogP contribution in [0.1, 0.15) is 52.5 Å². The Balaban J connectivity index is 0.000000311. The monoisotopic (exact) mass is 593 g/mol. The minimum atomic E-state index is -0.336. The van der Waals surface area contributed by atoms with Gasteiger partial charge in [-0.1, -0.05) is 99.2 Å². The highest BCUT2D eigenvalue weighted by Gasteiger charge is 2.38. The van der Waals surface area contributed by atoms with Gasteiger partial charge in [0, 0.05) is 17.8 Å². The second kappa shape index (κ2) is 21.2. The summed E-state index contributed by atoms with van der Waals surface area (Å²) in [6.45, 7) is 12.0. The van der Waals surface area contributed by atoms with Crippen LogP contribution in [0, 0.1) is 11.8 Å². The minimum absolute atomic E-state index is 0.144. The van der Waals surface area contributed by atoms with Gasteiger partial charge >= 0.3 is 0 Å². The summed E-state index contributed by atoms with van der Waals surface area (Å²) in [5.41, 5.74) is 9.78. The van der Waals surface area contributed by atoms with E-state index in [1.54, 1.807) is 19.1 Å². The average molecular weight is 594 g/mol. The van der Waals surface area contributed by atoms with Crippen molar-refractivity contribution >= 4 is 34.4 Å². The molecule has 0 bridgehead atoms. The lowest BCUT2D eigenvalue weighted by Crippen LogP contribution is -2.14. The highest BCUT2D eigenvalue weighted by atomic mass is 16.1. The lowest BCUT2D eigenvalue weighted by molar-refractivity contribution is -0.113. The zero-order valence-electron chi connectivity index (χ0n) is 26.8. The van der Waals surface area contributed by atoms with E-state index in [2.05, 4.69) is 78.4 Å². The van der Waals surface area contributed by atoms with E-state index in [1.165, 1.54) is 35.3 Å². The van der Waals surface area contributed by atoms with Crippen LogP contribution in [0.4, 0.5) is 5.69 Å². The third-order valence-electron chi connectivity index (χ3n) is 6.73. The largest absolute Gasteiger partial charge is 0.320 e. The molecule has 4 rings (SSSR count). The summed E-state index contributed by atoms with van der Waals surface area (Å²) in [4.78, 5) is 31.4. The molecule has 1 aliphatic rings. The maximum absolute atomic E-state index is 11.3. The van der Waals surface area contributed by atoms with Crippen LogP contribution in [-0.2, 0) is 19.8 Å². The van der Waals surface area contributed by atoms with Crippen molar-refractivity contribution in [3.05, 3.63) is 114 Å². The number of allylic oxidation sites excluding steroid dienone is 3. The fourth-order valence-corrected chi connectivity index (χ4v) is 4.10. The average Bonchev–Trinajstić information content (AvgIpc) is 3.80. The van der Waals surface area contributed by atoms with Crippen molar-refractivity contribution < 1.29 is 14.4 Å². The number of likely N-dealkylation sites (N-methyl/N-ethyl adjacent to an activating group) is 1. The third-order valence-corrected chi connectivity index (χ3v) is 6.73. The van der Waals surface area contributed by atoms with Gasteiger partial charge in [-0.15, -0.1) is 0 Å². The smallest absolute Gasteiger partial charge is 0.300 e. The van der Waals surface area contributed by atoms with Gasteiger partial charge in [0.25, 0.3) is 5.91 Å². The number of amides is 1. The van der Waals surface area contributed by atoms with Crippen LogP contribution in [0.3, 0.4) is 0 Å².